The lowest BCUT2D eigenvalue weighted by molar-refractivity contribution is -0.189. The minimum Gasteiger partial charge on any atom is -0.323 e. The van der Waals surface area contributed by atoms with Crippen molar-refractivity contribution in [2.24, 2.45) is 0 Å². The second-order valence-corrected chi connectivity index (χ2v) is 4.93. The molecule has 76 valence electrons. The predicted octanol–water partition coefficient (Wildman–Crippen LogP) is 1.60. The summed E-state index contributed by atoms with van der Waals surface area (Å²) >= 11 is 4.58. The topological polar surface area (TPSA) is 47.9 Å². The van der Waals surface area contributed by atoms with Crippen molar-refractivity contribution < 1.29 is 19.0 Å². The zero-order chi connectivity index (χ0) is 10.2. The fourth-order valence-corrected chi connectivity index (χ4v) is 1.62. The molecule has 0 aromatic heterocycles. The van der Waals surface area contributed by atoms with Gasteiger partial charge in [0.1, 0.15) is 0 Å². The summed E-state index contributed by atoms with van der Waals surface area (Å²) in [5, 5.41) is 0. The molecule has 0 rings (SSSR count). The van der Waals surface area contributed by atoms with Crippen molar-refractivity contribution in [3.8, 4) is 12.3 Å². The molecule has 0 spiro atoms. The van der Waals surface area contributed by atoms with Gasteiger partial charge in [0.05, 0.1) is 13.7 Å². The second kappa shape index (κ2) is 7.45. The van der Waals surface area contributed by atoms with Crippen LogP contribution in [0.5, 0.6) is 0 Å². The lowest BCUT2D eigenvalue weighted by Gasteiger charge is -2.12. The van der Waals surface area contributed by atoms with Gasteiger partial charge in [-0.05, 0) is 24.6 Å². The van der Waals surface area contributed by atoms with Gasteiger partial charge in [-0.2, -0.15) is 0 Å². The first-order chi connectivity index (χ1) is 6.12. The SMILES string of the molecule is C#CCCCCOP(O)(=S)OOC. The summed E-state index contributed by atoms with van der Waals surface area (Å²) in [5.41, 5.74) is 0. The third-order valence-corrected chi connectivity index (χ3v) is 2.48. The van der Waals surface area contributed by atoms with Crippen LogP contribution < -0.4 is 0 Å². The molecule has 0 bridgehead atoms. The van der Waals surface area contributed by atoms with Crippen LogP contribution >= 0.6 is 6.72 Å². The third kappa shape index (κ3) is 8.38. The van der Waals surface area contributed by atoms with Crippen molar-refractivity contribution in [3.05, 3.63) is 0 Å². The van der Waals surface area contributed by atoms with E-state index in [0.29, 0.717) is 13.0 Å². The number of unbranched alkanes of at least 4 members (excludes halogenated alkanes) is 2. The lowest BCUT2D eigenvalue weighted by Crippen LogP contribution is -1.95. The van der Waals surface area contributed by atoms with Crippen molar-refractivity contribution in [2.45, 2.75) is 19.3 Å². The molecule has 13 heavy (non-hydrogen) atoms. The van der Waals surface area contributed by atoms with Crippen LogP contribution in [0, 0.1) is 12.3 Å². The van der Waals surface area contributed by atoms with Gasteiger partial charge < -0.3 is 9.42 Å². The Morgan fingerprint density at radius 2 is 2.23 bits per heavy atom. The van der Waals surface area contributed by atoms with E-state index in [1.807, 2.05) is 0 Å². The summed E-state index contributed by atoms with van der Waals surface area (Å²) < 4.78 is 9.24. The number of hydrogen-bond donors (Lipinski definition) is 1. The molecular weight excluding hydrogens is 211 g/mol. The van der Waals surface area contributed by atoms with Crippen LogP contribution in [0.4, 0.5) is 0 Å². The average molecular weight is 224 g/mol. The first-order valence-electron chi connectivity index (χ1n) is 3.75. The molecule has 0 aliphatic carbocycles. The summed E-state index contributed by atoms with van der Waals surface area (Å²) in [6.45, 7) is -2.85. The van der Waals surface area contributed by atoms with Crippen molar-refractivity contribution in [2.75, 3.05) is 13.7 Å². The molecule has 0 radical (unpaired) electrons. The Labute approximate surface area is 83.4 Å². The van der Waals surface area contributed by atoms with Crippen molar-refractivity contribution in [3.63, 3.8) is 0 Å². The molecule has 0 aliphatic heterocycles. The second-order valence-electron chi connectivity index (χ2n) is 2.20. The molecule has 0 heterocycles. The Bertz CT molecular complexity index is 213. The van der Waals surface area contributed by atoms with Gasteiger partial charge in [0.25, 0.3) is 0 Å². The molecule has 1 N–H and O–H groups in total. The van der Waals surface area contributed by atoms with E-state index in [9.17, 15) is 4.89 Å². The van der Waals surface area contributed by atoms with Crippen LogP contribution in [-0.4, -0.2) is 18.6 Å². The highest BCUT2D eigenvalue weighted by atomic mass is 32.5. The molecule has 0 aromatic rings. The molecule has 1 atom stereocenters. The largest absolute Gasteiger partial charge is 0.353 e. The monoisotopic (exact) mass is 224 g/mol. The van der Waals surface area contributed by atoms with E-state index in [0.717, 1.165) is 12.8 Å². The zero-order valence-electron chi connectivity index (χ0n) is 7.43. The minimum absolute atomic E-state index is 0.332. The van der Waals surface area contributed by atoms with Crippen LogP contribution in [0.25, 0.3) is 0 Å². The number of rotatable bonds is 7. The first kappa shape index (κ1) is 13.1. The number of hydrogen-bond acceptors (Lipinski definition) is 4. The van der Waals surface area contributed by atoms with E-state index >= 15 is 0 Å². The van der Waals surface area contributed by atoms with E-state index < -0.39 is 6.72 Å². The Morgan fingerprint density at radius 1 is 1.54 bits per heavy atom. The van der Waals surface area contributed by atoms with E-state index in [1.165, 1.54) is 7.11 Å². The maximum absolute atomic E-state index is 9.19. The van der Waals surface area contributed by atoms with Gasteiger partial charge in [0.15, 0.2) is 0 Å². The smallest absolute Gasteiger partial charge is 0.323 e. The maximum Gasteiger partial charge on any atom is 0.353 e. The Morgan fingerprint density at radius 3 is 2.77 bits per heavy atom. The highest BCUT2D eigenvalue weighted by Crippen LogP contribution is 2.43. The molecule has 0 saturated carbocycles. The molecule has 0 saturated heterocycles. The van der Waals surface area contributed by atoms with E-state index in [-0.39, 0.29) is 0 Å². The standard InChI is InChI=1S/C7H13O4PS/c1-3-4-5-6-7-10-12(8,13)11-9-2/h1H,4-7H2,2H3,(H,8,13). The van der Waals surface area contributed by atoms with E-state index in [2.05, 4.69) is 27.3 Å². The summed E-state index contributed by atoms with van der Waals surface area (Å²) in [4.78, 5) is 13.4. The van der Waals surface area contributed by atoms with Gasteiger partial charge in [-0.25, -0.2) is 4.89 Å². The molecule has 4 nitrogen and oxygen atoms in total. The van der Waals surface area contributed by atoms with Crippen LogP contribution in [0.3, 0.4) is 0 Å². The minimum atomic E-state index is -3.18. The first-order valence-corrected chi connectivity index (χ1v) is 6.34. The quantitative estimate of drug-likeness (QED) is 0.234. The fourth-order valence-electron chi connectivity index (χ4n) is 0.625. The molecule has 1 unspecified atom stereocenters. The fraction of sp³-hybridized carbons (Fsp3) is 0.714. The van der Waals surface area contributed by atoms with Crippen molar-refractivity contribution >= 4 is 18.5 Å². The van der Waals surface area contributed by atoms with E-state index in [1.54, 1.807) is 0 Å². The van der Waals surface area contributed by atoms with Gasteiger partial charge in [-0.3, -0.25) is 0 Å². The highest BCUT2D eigenvalue weighted by Gasteiger charge is 2.14. The van der Waals surface area contributed by atoms with Gasteiger partial charge in [-0.15, -0.1) is 17.0 Å². The van der Waals surface area contributed by atoms with E-state index in [4.69, 9.17) is 10.9 Å². The Hall–Kier alpha value is 0.0500. The van der Waals surface area contributed by atoms with Gasteiger partial charge in [0.2, 0.25) is 0 Å². The van der Waals surface area contributed by atoms with Crippen molar-refractivity contribution in [1.29, 1.82) is 0 Å². The lowest BCUT2D eigenvalue weighted by atomic mass is 10.2. The summed E-state index contributed by atoms with van der Waals surface area (Å²) in [6, 6.07) is 0. The normalized spacial score (nSPS) is 14.8. The molecule has 0 aliphatic rings. The third-order valence-electron chi connectivity index (χ3n) is 1.14. The van der Waals surface area contributed by atoms with Crippen molar-refractivity contribution in [1.82, 2.24) is 0 Å². The summed E-state index contributed by atoms with van der Waals surface area (Å²) in [6.07, 6.45) is 7.34. The highest BCUT2D eigenvalue weighted by molar-refractivity contribution is 8.07. The molecule has 0 amide bonds. The molecule has 0 fully saturated rings. The number of terminal acetylenes is 1. The van der Waals surface area contributed by atoms with Crippen LogP contribution in [-0.2, 0) is 25.9 Å². The van der Waals surface area contributed by atoms with Crippen LogP contribution in [0.2, 0.25) is 0 Å². The Balaban J connectivity index is 3.42. The summed E-state index contributed by atoms with van der Waals surface area (Å²) in [7, 11) is 1.26. The maximum atomic E-state index is 9.19. The Kier molecular flexibility index (Phi) is 7.48. The molecular formula is C7H13O4PS. The van der Waals surface area contributed by atoms with Gasteiger partial charge in [-0.1, -0.05) is 0 Å². The zero-order valence-corrected chi connectivity index (χ0v) is 9.14. The van der Waals surface area contributed by atoms with Gasteiger partial charge in [0, 0.05) is 6.42 Å². The average Bonchev–Trinajstić information content (AvgIpc) is 2.04. The van der Waals surface area contributed by atoms with Gasteiger partial charge >= 0.3 is 6.72 Å². The molecule has 6 heteroatoms. The van der Waals surface area contributed by atoms with Crippen LogP contribution in [0.1, 0.15) is 19.3 Å². The predicted molar refractivity (Wildman–Crippen MR) is 53.2 cm³/mol. The molecule has 0 aromatic carbocycles. The summed E-state index contributed by atoms with van der Waals surface area (Å²) in [5.74, 6) is 2.50. The van der Waals surface area contributed by atoms with Crippen LogP contribution in [0.15, 0.2) is 0 Å².